The molecule has 0 saturated carbocycles. The topological polar surface area (TPSA) is 112 Å². The number of halogens is 1. The minimum absolute atomic E-state index is 0.0509. The molecular formula is C28H22FN7O. The molecule has 3 N–H and O–H groups in total. The van der Waals surface area contributed by atoms with E-state index in [0.717, 1.165) is 34.1 Å². The molecule has 0 fully saturated rings. The third kappa shape index (κ3) is 4.20. The minimum Gasteiger partial charge on any atom is -0.352 e. The fraction of sp³-hybridized carbons (Fsp3) is 0.107. The number of fused-ring (bicyclic) bond motifs is 2. The number of aromatic amines is 2. The van der Waals surface area contributed by atoms with Gasteiger partial charge in [-0.2, -0.15) is 5.10 Å². The highest BCUT2D eigenvalue weighted by atomic mass is 19.1. The molecule has 8 nitrogen and oxygen atoms in total. The number of H-pyrrole nitrogens is 2. The van der Waals surface area contributed by atoms with Crippen molar-refractivity contribution in [2.24, 2.45) is 0 Å². The van der Waals surface area contributed by atoms with Crippen molar-refractivity contribution >= 4 is 33.5 Å². The average molecular weight is 492 g/mol. The molecule has 5 heterocycles. The van der Waals surface area contributed by atoms with Crippen LogP contribution in [0.5, 0.6) is 0 Å². The second kappa shape index (κ2) is 9.27. The van der Waals surface area contributed by atoms with Crippen LogP contribution >= 0.6 is 0 Å². The summed E-state index contributed by atoms with van der Waals surface area (Å²) in [5.74, 6) is -0.358. The van der Waals surface area contributed by atoms with Crippen molar-refractivity contribution < 1.29 is 9.18 Å². The van der Waals surface area contributed by atoms with E-state index in [1.807, 2.05) is 31.2 Å². The predicted molar refractivity (Wildman–Crippen MR) is 141 cm³/mol. The van der Waals surface area contributed by atoms with Gasteiger partial charge in [-0.3, -0.25) is 19.9 Å². The van der Waals surface area contributed by atoms with Gasteiger partial charge in [0.15, 0.2) is 0 Å². The van der Waals surface area contributed by atoms with Crippen molar-refractivity contribution in [2.45, 2.75) is 19.8 Å². The third-order valence-electron chi connectivity index (χ3n) is 6.17. The molecule has 0 aliphatic rings. The van der Waals surface area contributed by atoms with Gasteiger partial charge in [-0.25, -0.2) is 9.37 Å². The van der Waals surface area contributed by atoms with Crippen LogP contribution in [-0.2, 0) is 4.79 Å². The van der Waals surface area contributed by atoms with Crippen LogP contribution in [0.3, 0.4) is 0 Å². The van der Waals surface area contributed by atoms with Gasteiger partial charge in [0.05, 0.1) is 40.5 Å². The van der Waals surface area contributed by atoms with Crippen molar-refractivity contribution in [3.05, 3.63) is 79.1 Å². The van der Waals surface area contributed by atoms with Crippen LogP contribution in [-0.4, -0.2) is 36.0 Å². The zero-order valence-electron chi connectivity index (χ0n) is 19.9. The van der Waals surface area contributed by atoms with Gasteiger partial charge in [-0.1, -0.05) is 25.1 Å². The molecule has 0 bridgehead atoms. The van der Waals surface area contributed by atoms with Crippen molar-refractivity contribution in [3.63, 3.8) is 0 Å². The molecule has 182 valence electrons. The average Bonchev–Trinajstić information content (AvgIpc) is 3.53. The van der Waals surface area contributed by atoms with Crippen LogP contribution in [0.2, 0.25) is 0 Å². The number of rotatable bonds is 6. The highest BCUT2D eigenvalue weighted by Crippen LogP contribution is 2.34. The lowest BCUT2D eigenvalue weighted by molar-refractivity contribution is -0.116. The number of carbonyl (C=O) groups excluding carboxylic acids is 1. The van der Waals surface area contributed by atoms with E-state index in [-0.39, 0.29) is 11.7 Å². The second-order valence-electron chi connectivity index (χ2n) is 8.74. The Morgan fingerprint density at radius 2 is 1.84 bits per heavy atom. The first-order valence-corrected chi connectivity index (χ1v) is 11.9. The Morgan fingerprint density at radius 3 is 2.70 bits per heavy atom. The van der Waals surface area contributed by atoms with Crippen LogP contribution in [0.1, 0.15) is 19.8 Å². The smallest absolute Gasteiger partial charge is 0.224 e. The van der Waals surface area contributed by atoms with E-state index in [2.05, 4.69) is 30.5 Å². The Labute approximate surface area is 211 Å². The lowest BCUT2D eigenvalue weighted by Gasteiger charge is -2.06. The molecule has 0 aliphatic carbocycles. The standard InChI is InChI=1S/C28H22FN7O/c1-2-5-26(37)32-17-10-16(12-30-13-17)22-8-9-23-27(34-22)28(36-35-23)24-11-19-20(14-31-15-25(19)33-24)18-6-3-4-7-21(18)29/h3-4,6-15,33H,2,5H2,1H3,(H,32,37)(H,35,36). The normalized spacial score (nSPS) is 11.3. The molecule has 0 spiro atoms. The van der Waals surface area contributed by atoms with Crippen molar-refractivity contribution in [2.75, 3.05) is 5.32 Å². The first-order valence-electron chi connectivity index (χ1n) is 11.9. The summed E-state index contributed by atoms with van der Waals surface area (Å²) < 4.78 is 14.5. The van der Waals surface area contributed by atoms with Gasteiger partial charge in [0, 0.05) is 40.9 Å². The summed E-state index contributed by atoms with van der Waals surface area (Å²) in [7, 11) is 0. The molecule has 0 atom stereocenters. The first kappa shape index (κ1) is 22.5. The Kier molecular flexibility index (Phi) is 5.65. The van der Waals surface area contributed by atoms with Crippen LogP contribution < -0.4 is 5.32 Å². The number of benzene rings is 1. The molecule has 0 radical (unpaired) electrons. The maximum Gasteiger partial charge on any atom is 0.224 e. The number of amides is 1. The van der Waals surface area contributed by atoms with E-state index in [1.54, 1.807) is 43.0 Å². The summed E-state index contributed by atoms with van der Waals surface area (Å²) in [6.45, 7) is 1.96. The van der Waals surface area contributed by atoms with E-state index in [0.29, 0.717) is 40.1 Å². The molecule has 0 saturated heterocycles. The van der Waals surface area contributed by atoms with Crippen LogP contribution in [0.4, 0.5) is 10.1 Å². The van der Waals surface area contributed by atoms with Gasteiger partial charge in [-0.15, -0.1) is 0 Å². The quantitative estimate of drug-likeness (QED) is 0.260. The number of nitrogens with zero attached hydrogens (tertiary/aromatic N) is 4. The summed E-state index contributed by atoms with van der Waals surface area (Å²) >= 11 is 0. The van der Waals surface area contributed by atoms with Gasteiger partial charge < -0.3 is 10.3 Å². The third-order valence-corrected chi connectivity index (χ3v) is 6.17. The monoisotopic (exact) mass is 491 g/mol. The number of hydrogen-bond acceptors (Lipinski definition) is 5. The van der Waals surface area contributed by atoms with Gasteiger partial charge in [0.1, 0.15) is 17.0 Å². The maximum atomic E-state index is 14.5. The number of carbonyl (C=O) groups is 1. The summed E-state index contributed by atoms with van der Waals surface area (Å²) in [6.07, 6.45) is 7.91. The summed E-state index contributed by atoms with van der Waals surface area (Å²) in [4.78, 5) is 28.8. The molecule has 37 heavy (non-hydrogen) atoms. The molecular weight excluding hydrogens is 469 g/mol. The number of hydrogen-bond donors (Lipinski definition) is 3. The molecule has 6 aromatic rings. The van der Waals surface area contributed by atoms with E-state index >= 15 is 0 Å². The highest BCUT2D eigenvalue weighted by Gasteiger charge is 2.17. The van der Waals surface area contributed by atoms with Crippen molar-refractivity contribution in [3.8, 4) is 33.8 Å². The summed E-state index contributed by atoms with van der Waals surface area (Å²) in [5.41, 5.74) is 6.83. The molecule has 5 aromatic heterocycles. The SMILES string of the molecule is CCCC(=O)Nc1cncc(-c2ccc3[nH]nc(-c4cc5c(-c6ccccc6F)cncc5[nH]4)c3n2)c1. The maximum absolute atomic E-state index is 14.5. The van der Waals surface area contributed by atoms with Crippen molar-refractivity contribution in [1.82, 2.24) is 30.1 Å². The molecule has 0 unspecified atom stereocenters. The number of nitrogens with one attached hydrogen (secondary N) is 3. The fourth-order valence-corrected chi connectivity index (χ4v) is 4.42. The van der Waals surface area contributed by atoms with E-state index in [4.69, 9.17) is 4.98 Å². The molecule has 0 aliphatic heterocycles. The molecule has 1 aromatic carbocycles. The van der Waals surface area contributed by atoms with Gasteiger partial charge in [-0.05, 0) is 36.8 Å². The highest BCUT2D eigenvalue weighted by molar-refractivity contribution is 6.00. The van der Waals surface area contributed by atoms with E-state index in [1.165, 1.54) is 6.07 Å². The Bertz CT molecular complexity index is 1770. The predicted octanol–water partition coefficient (Wildman–Crippen LogP) is 6.11. The zero-order chi connectivity index (χ0) is 25.4. The lowest BCUT2D eigenvalue weighted by Crippen LogP contribution is -2.10. The van der Waals surface area contributed by atoms with E-state index < -0.39 is 0 Å². The Hall–Kier alpha value is -4.92. The zero-order valence-corrected chi connectivity index (χ0v) is 19.9. The fourth-order valence-electron chi connectivity index (χ4n) is 4.42. The van der Waals surface area contributed by atoms with Crippen LogP contribution in [0.25, 0.3) is 55.7 Å². The summed E-state index contributed by atoms with van der Waals surface area (Å²) in [6, 6.07) is 14.2. The number of pyridine rings is 3. The summed E-state index contributed by atoms with van der Waals surface area (Å²) in [5, 5.41) is 11.3. The first-order chi connectivity index (χ1) is 18.1. The van der Waals surface area contributed by atoms with Gasteiger partial charge in [0.2, 0.25) is 5.91 Å². The Morgan fingerprint density at radius 1 is 0.973 bits per heavy atom. The Balaban J connectivity index is 1.41. The van der Waals surface area contributed by atoms with Crippen LogP contribution in [0, 0.1) is 5.82 Å². The number of anilines is 1. The van der Waals surface area contributed by atoms with Crippen molar-refractivity contribution in [1.29, 1.82) is 0 Å². The van der Waals surface area contributed by atoms with Gasteiger partial charge >= 0.3 is 0 Å². The van der Waals surface area contributed by atoms with E-state index in [9.17, 15) is 9.18 Å². The molecule has 1 amide bonds. The molecule has 9 heteroatoms. The number of aromatic nitrogens is 6. The minimum atomic E-state index is -0.308. The van der Waals surface area contributed by atoms with Crippen LogP contribution in [0.15, 0.2) is 73.3 Å². The second-order valence-corrected chi connectivity index (χ2v) is 8.74. The molecule has 6 rings (SSSR count). The lowest BCUT2D eigenvalue weighted by atomic mass is 10.0. The van der Waals surface area contributed by atoms with Gasteiger partial charge in [0.25, 0.3) is 0 Å². The largest absolute Gasteiger partial charge is 0.352 e.